The molecule has 0 unspecified atom stereocenters. The molecule has 0 aliphatic heterocycles. The van der Waals surface area contributed by atoms with E-state index in [1.54, 1.807) is 18.2 Å². The van der Waals surface area contributed by atoms with Crippen molar-refractivity contribution < 1.29 is 8.78 Å². The fraction of sp³-hybridized carbons (Fsp3) is 0.250. The minimum absolute atomic E-state index is 0.173. The van der Waals surface area contributed by atoms with E-state index >= 15 is 0 Å². The molecule has 2 aromatic rings. The topological polar surface area (TPSA) is 0 Å². The summed E-state index contributed by atoms with van der Waals surface area (Å²) >= 11 is 18.2. The molecule has 0 heterocycles. The van der Waals surface area contributed by atoms with Gasteiger partial charge in [-0.2, -0.15) is 0 Å². The van der Waals surface area contributed by atoms with Crippen LogP contribution in [-0.2, 0) is 11.8 Å². The average molecular weight is 350 g/mol. The van der Waals surface area contributed by atoms with Crippen LogP contribution in [0.1, 0.15) is 11.1 Å². The highest BCUT2D eigenvalue weighted by Gasteiger charge is 2.32. The van der Waals surface area contributed by atoms with E-state index in [2.05, 4.69) is 0 Å². The molecule has 0 spiro atoms. The molecule has 0 saturated heterocycles. The Hall–Kier alpha value is -0.830. The molecule has 0 atom stereocenters. The lowest BCUT2D eigenvalue weighted by Crippen LogP contribution is -2.33. The Bertz CT molecular complexity index is 625. The van der Waals surface area contributed by atoms with Crippen molar-refractivity contribution >= 4 is 34.8 Å². The molecule has 0 N–H and O–H groups in total. The second-order valence-corrected chi connectivity index (χ2v) is 5.94. The smallest absolute Gasteiger partial charge is 0.126 e. The number of hydrogen-bond donors (Lipinski definition) is 0. The first-order valence-electron chi connectivity index (χ1n) is 6.33. The van der Waals surface area contributed by atoms with Gasteiger partial charge in [-0.3, -0.25) is 0 Å². The van der Waals surface area contributed by atoms with Crippen LogP contribution in [0.4, 0.5) is 8.78 Å². The molecule has 0 aliphatic rings. The van der Waals surface area contributed by atoms with E-state index in [-0.39, 0.29) is 23.7 Å². The van der Waals surface area contributed by atoms with E-state index in [4.69, 9.17) is 34.8 Å². The minimum Gasteiger partial charge on any atom is -0.207 e. The van der Waals surface area contributed by atoms with E-state index in [1.165, 1.54) is 6.07 Å². The van der Waals surface area contributed by atoms with Gasteiger partial charge < -0.3 is 0 Å². The second-order valence-electron chi connectivity index (χ2n) is 4.97. The molecule has 2 aromatic carbocycles. The number of benzene rings is 2. The molecule has 0 aliphatic carbocycles. The van der Waals surface area contributed by atoms with Crippen molar-refractivity contribution in [1.82, 2.24) is 0 Å². The van der Waals surface area contributed by atoms with Crippen LogP contribution >= 0.6 is 34.8 Å². The van der Waals surface area contributed by atoms with Crippen molar-refractivity contribution in [2.75, 3.05) is 11.8 Å². The molecule has 0 saturated carbocycles. The summed E-state index contributed by atoms with van der Waals surface area (Å²) in [6, 6.07) is 10.5. The van der Waals surface area contributed by atoms with Crippen LogP contribution in [-0.4, -0.2) is 11.8 Å². The predicted molar refractivity (Wildman–Crippen MR) is 84.6 cm³/mol. The van der Waals surface area contributed by atoms with E-state index in [1.807, 2.05) is 6.07 Å². The SMILES string of the molecule is Fc1ccc(F)c(CC(CCl)(CCl)c2cccc(Cl)c2)c1. The Morgan fingerprint density at radius 1 is 0.952 bits per heavy atom. The van der Waals surface area contributed by atoms with Gasteiger partial charge in [-0.25, -0.2) is 8.78 Å². The van der Waals surface area contributed by atoms with Gasteiger partial charge in [0.1, 0.15) is 11.6 Å². The summed E-state index contributed by atoms with van der Waals surface area (Å²) in [7, 11) is 0. The Kier molecular flexibility index (Phi) is 5.48. The monoisotopic (exact) mass is 348 g/mol. The summed E-state index contributed by atoms with van der Waals surface area (Å²) in [4.78, 5) is 0. The fourth-order valence-electron chi connectivity index (χ4n) is 2.25. The first kappa shape index (κ1) is 16.5. The number of alkyl halides is 2. The van der Waals surface area contributed by atoms with Crippen LogP contribution in [0, 0.1) is 11.6 Å². The Labute approximate surface area is 137 Å². The maximum Gasteiger partial charge on any atom is 0.126 e. The molecule has 0 nitrogen and oxygen atoms in total. The van der Waals surface area contributed by atoms with Crippen molar-refractivity contribution in [3.8, 4) is 0 Å². The second kappa shape index (κ2) is 6.95. The molecule has 2 rings (SSSR count). The van der Waals surface area contributed by atoms with E-state index < -0.39 is 17.0 Å². The molecule has 21 heavy (non-hydrogen) atoms. The van der Waals surface area contributed by atoms with Gasteiger partial charge in [0, 0.05) is 22.2 Å². The standard InChI is InChI=1S/C16H13Cl3F2/c17-9-16(10-18,12-2-1-3-13(19)7-12)8-11-6-14(20)4-5-15(11)21/h1-7H,8-10H2. The molecule has 0 radical (unpaired) electrons. The normalized spacial score (nSPS) is 11.7. The quantitative estimate of drug-likeness (QED) is 0.618. The highest BCUT2D eigenvalue weighted by atomic mass is 35.5. The lowest BCUT2D eigenvalue weighted by atomic mass is 9.78. The fourth-order valence-corrected chi connectivity index (χ4v) is 3.22. The van der Waals surface area contributed by atoms with Gasteiger partial charge in [0.2, 0.25) is 0 Å². The molecule has 0 bridgehead atoms. The Morgan fingerprint density at radius 2 is 1.67 bits per heavy atom. The molecule has 0 amide bonds. The molecule has 0 aromatic heterocycles. The minimum atomic E-state index is -0.706. The van der Waals surface area contributed by atoms with Crippen LogP contribution in [0.25, 0.3) is 0 Å². The van der Waals surface area contributed by atoms with Gasteiger partial charge in [-0.15, -0.1) is 23.2 Å². The van der Waals surface area contributed by atoms with E-state index in [0.717, 1.165) is 17.7 Å². The van der Waals surface area contributed by atoms with Gasteiger partial charge >= 0.3 is 0 Å². The summed E-state index contributed by atoms with van der Waals surface area (Å²) in [5, 5.41) is 0.548. The summed E-state index contributed by atoms with van der Waals surface area (Å²) in [5.74, 6) is -0.617. The van der Waals surface area contributed by atoms with Gasteiger partial charge in [0.25, 0.3) is 0 Å². The van der Waals surface area contributed by atoms with Crippen molar-refractivity contribution in [3.05, 3.63) is 70.2 Å². The van der Waals surface area contributed by atoms with Gasteiger partial charge in [-0.05, 0) is 47.9 Å². The maximum absolute atomic E-state index is 13.9. The third-order valence-corrected chi connectivity index (χ3v) is 4.74. The zero-order chi connectivity index (χ0) is 15.5. The summed E-state index contributed by atoms with van der Waals surface area (Å²) < 4.78 is 27.2. The number of rotatable bonds is 5. The first-order chi connectivity index (χ1) is 10.0. The summed E-state index contributed by atoms with van der Waals surface area (Å²) in [6.07, 6.45) is 0.198. The van der Waals surface area contributed by atoms with Crippen molar-refractivity contribution in [3.63, 3.8) is 0 Å². The largest absolute Gasteiger partial charge is 0.207 e. The third-order valence-electron chi connectivity index (χ3n) is 3.49. The summed E-state index contributed by atoms with van der Waals surface area (Å²) in [6.45, 7) is 0. The lowest BCUT2D eigenvalue weighted by Gasteiger charge is -2.30. The Balaban J connectivity index is 2.45. The Morgan fingerprint density at radius 3 is 2.29 bits per heavy atom. The summed E-state index contributed by atoms with van der Waals surface area (Å²) in [5.41, 5.74) is 0.350. The van der Waals surface area contributed by atoms with E-state index in [0.29, 0.717) is 5.02 Å². The molecule has 5 heteroatoms. The van der Waals surface area contributed by atoms with Gasteiger partial charge in [0.15, 0.2) is 0 Å². The first-order valence-corrected chi connectivity index (χ1v) is 7.77. The highest BCUT2D eigenvalue weighted by molar-refractivity contribution is 6.30. The predicted octanol–water partition coefficient (Wildman–Crippen LogP) is 5.58. The third kappa shape index (κ3) is 3.68. The van der Waals surface area contributed by atoms with Crippen molar-refractivity contribution in [2.24, 2.45) is 0 Å². The van der Waals surface area contributed by atoms with Crippen LogP contribution in [0.3, 0.4) is 0 Å². The van der Waals surface area contributed by atoms with Crippen LogP contribution in [0.15, 0.2) is 42.5 Å². The zero-order valence-electron chi connectivity index (χ0n) is 11.1. The van der Waals surface area contributed by atoms with Crippen LogP contribution in [0.2, 0.25) is 5.02 Å². The lowest BCUT2D eigenvalue weighted by molar-refractivity contribution is 0.506. The van der Waals surface area contributed by atoms with Crippen molar-refractivity contribution in [1.29, 1.82) is 0 Å². The zero-order valence-corrected chi connectivity index (χ0v) is 13.3. The van der Waals surface area contributed by atoms with Crippen LogP contribution in [0.5, 0.6) is 0 Å². The highest BCUT2D eigenvalue weighted by Crippen LogP contribution is 2.33. The number of hydrogen-bond acceptors (Lipinski definition) is 0. The molecule has 0 fully saturated rings. The average Bonchev–Trinajstić information content (AvgIpc) is 2.48. The van der Waals surface area contributed by atoms with Crippen LogP contribution < -0.4 is 0 Å². The molecular weight excluding hydrogens is 337 g/mol. The van der Waals surface area contributed by atoms with Gasteiger partial charge in [0.05, 0.1) is 0 Å². The number of halogens is 5. The van der Waals surface area contributed by atoms with E-state index in [9.17, 15) is 8.78 Å². The maximum atomic E-state index is 13.9. The molecular formula is C16H13Cl3F2. The van der Waals surface area contributed by atoms with Crippen molar-refractivity contribution in [2.45, 2.75) is 11.8 Å². The van der Waals surface area contributed by atoms with Gasteiger partial charge in [-0.1, -0.05) is 23.7 Å². The molecule has 112 valence electrons.